The zero-order chi connectivity index (χ0) is 30.7. The maximum Gasteiger partial charge on any atom is 0.312 e. The Kier molecular flexibility index (Phi) is 7.27. The summed E-state index contributed by atoms with van der Waals surface area (Å²) in [5.41, 5.74) is 4.30. The number of hydrogen-bond acceptors (Lipinski definition) is 5. The first-order valence-corrected chi connectivity index (χ1v) is 15.8. The zero-order valence-electron chi connectivity index (χ0n) is 25.8. The van der Waals surface area contributed by atoms with Crippen molar-refractivity contribution in [3.63, 3.8) is 0 Å². The van der Waals surface area contributed by atoms with E-state index >= 15 is 0 Å². The zero-order valence-corrected chi connectivity index (χ0v) is 27.3. The van der Waals surface area contributed by atoms with Crippen LogP contribution < -0.4 is 5.32 Å². The molecule has 224 valence electrons. The van der Waals surface area contributed by atoms with Crippen LogP contribution in [0.5, 0.6) is 0 Å². The van der Waals surface area contributed by atoms with Gasteiger partial charge in [0.2, 0.25) is 0 Å². The normalized spacial score (nSPS) is 23.4. The molecule has 1 N–H and O–H groups in total. The SMILES string of the molecule is Cc1cc(C2CC3(C(=O)OC(C)(C)C)CCC2(NC(=O)c2c(C)c(-c4ccccc4)nc4ccc(Br)cc24)CC3)n(C)n1. The van der Waals surface area contributed by atoms with E-state index in [1.165, 1.54) is 0 Å². The van der Waals surface area contributed by atoms with E-state index in [1.54, 1.807) is 0 Å². The number of aromatic nitrogens is 3. The van der Waals surface area contributed by atoms with Crippen LogP contribution >= 0.6 is 15.9 Å². The largest absolute Gasteiger partial charge is 0.460 e. The standard InChI is InChI=1S/C35H39BrN4O3/c1-21-18-28(40(6)39-21)26-20-34(32(42)43-33(3,4)5)14-16-35(26,17-15-34)38-31(41)29-22(2)30(23-10-8-7-9-11-23)37-27-13-12-24(36)19-25(27)29/h7-13,18-19,26H,14-17,20H2,1-6H3,(H,38,41). The molecule has 1 atom stereocenters. The number of hydrogen-bond donors (Lipinski definition) is 1. The highest BCUT2D eigenvalue weighted by Gasteiger charge is 2.60. The Labute approximate surface area is 261 Å². The molecule has 0 saturated heterocycles. The minimum Gasteiger partial charge on any atom is -0.460 e. The molecule has 0 aliphatic heterocycles. The molecule has 2 aromatic heterocycles. The number of nitrogens with one attached hydrogen (secondary N) is 1. The predicted molar refractivity (Wildman–Crippen MR) is 172 cm³/mol. The maximum absolute atomic E-state index is 14.6. The Bertz CT molecular complexity index is 1730. The summed E-state index contributed by atoms with van der Waals surface area (Å²) in [6, 6.07) is 18.0. The van der Waals surface area contributed by atoms with Gasteiger partial charge in [-0.05, 0) is 96.6 Å². The molecule has 3 aliphatic carbocycles. The topological polar surface area (TPSA) is 86.1 Å². The highest BCUT2D eigenvalue weighted by atomic mass is 79.9. The number of amides is 1. The Balaban J connectivity index is 1.44. The van der Waals surface area contributed by atoms with E-state index in [9.17, 15) is 9.59 Å². The summed E-state index contributed by atoms with van der Waals surface area (Å²) in [6.07, 6.45) is 3.32. The lowest BCUT2D eigenvalue weighted by atomic mass is 9.52. The summed E-state index contributed by atoms with van der Waals surface area (Å²) in [6.45, 7) is 9.73. The second-order valence-electron chi connectivity index (χ2n) is 13.5. The van der Waals surface area contributed by atoms with E-state index in [-0.39, 0.29) is 17.8 Å². The van der Waals surface area contributed by atoms with Crippen molar-refractivity contribution in [2.75, 3.05) is 0 Å². The third-order valence-corrected chi connectivity index (χ3v) is 9.91. The summed E-state index contributed by atoms with van der Waals surface area (Å²) < 4.78 is 8.77. The van der Waals surface area contributed by atoms with Crippen LogP contribution in [0, 0.1) is 19.3 Å². The molecule has 2 bridgehead atoms. The van der Waals surface area contributed by atoms with Gasteiger partial charge in [-0.2, -0.15) is 5.10 Å². The van der Waals surface area contributed by atoms with Gasteiger partial charge in [0, 0.05) is 39.6 Å². The Morgan fingerprint density at radius 1 is 1.02 bits per heavy atom. The molecule has 43 heavy (non-hydrogen) atoms. The van der Waals surface area contributed by atoms with Crippen molar-refractivity contribution in [1.29, 1.82) is 0 Å². The maximum atomic E-state index is 14.6. The lowest BCUT2D eigenvalue weighted by molar-refractivity contribution is -0.176. The molecule has 1 unspecified atom stereocenters. The second-order valence-corrected chi connectivity index (χ2v) is 14.4. The van der Waals surface area contributed by atoms with Crippen LogP contribution in [0.4, 0.5) is 0 Å². The number of rotatable bonds is 5. The fraction of sp³-hybridized carbons (Fsp3) is 0.429. The van der Waals surface area contributed by atoms with Gasteiger partial charge in [0.25, 0.3) is 5.91 Å². The molecule has 7 rings (SSSR count). The molecule has 0 spiro atoms. The third kappa shape index (κ3) is 5.28. The van der Waals surface area contributed by atoms with Crippen molar-refractivity contribution >= 4 is 38.7 Å². The molecule has 3 fully saturated rings. The lowest BCUT2D eigenvalue weighted by Crippen LogP contribution is -2.63. The van der Waals surface area contributed by atoms with Crippen LogP contribution in [0.15, 0.2) is 59.1 Å². The van der Waals surface area contributed by atoms with Gasteiger partial charge in [0.05, 0.1) is 27.9 Å². The molecule has 2 heterocycles. The molecule has 4 aromatic rings. The molecule has 3 saturated carbocycles. The van der Waals surface area contributed by atoms with E-state index in [0.717, 1.165) is 43.6 Å². The summed E-state index contributed by atoms with van der Waals surface area (Å²) >= 11 is 3.61. The quantitative estimate of drug-likeness (QED) is 0.227. The van der Waals surface area contributed by atoms with Gasteiger partial charge in [-0.1, -0.05) is 46.3 Å². The van der Waals surface area contributed by atoms with Crippen molar-refractivity contribution in [2.45, 2.75) is 83.8 Å². The summed E-state index contributed by atoms with van der Waals surface area (Å²) in [7, 11) is 1.95. The molecule has 8 heteroatoms. The second kappa shape index (κ2) is 10.6. The van der Waals surface area contributed by atoms with Crippen molar-refractivity contribution in [1.82, 2.24) is 20.1 Å². The first kappa shape index (κ1) is 29.5. The van der Waals surface area contributed by atoms with Gasteiger partial charge in [-0.15, -0.1) is 0 Å². The number of carbonyl (C=O) groups is 2. The molecule has 1 amide bonds. The van der Waals surface area contributed by atoms with Gasteiger partial charge < -0.3 is 10.1 Å². The van der Waals surface area contributed by atoms with Gasteiger partial charge in [0.15, 0.2) is 0 Å². The van der Waals surface area contributed by atoms with E-state index in [4.69, 9.17) is 9.72 Å². The van der Waals surface area contributed by atoms with Crippen molar-refractivity contribution in [3.05, 3.63) is 81.6 Å². The number of benzene rings is 2. The Morgan fingerprint density at radius 3 is 2.35 bits per heavy atom. The highest BCUT2D eigenvalue weighted by Crippen LogP contribution is 2.59. The van der Waals surface area contributed by atoms with Crippen LogP contribution in [-0.4, -0.2) is 37.8 Å². The Hall–Kier alpha value is -3.52. The number of nitrogens with zero attached hydrogens (tertiary/aromatic N) is 3. The average Bonchev–Trinajstić information content (AvgIpc) is 3.29. The van der Waals surface area contributed by atoms with Gasteiger partial charge >= 0.3 is 5.97 Å². The van der Waals surface area contributed by atoms with Crippen LogP contribution in [0.1, 0.15) is 86.1 Å². The van der Waals surface area contributed by atoms with Gasteiger partial charge in [-0.3, -0.25) is 14.3 Å². The molecular weight excluding hydrogens is 604 g/mol. The molecular formula is C35H39BrN4O3. The van der Waals surface area contributed by atoms with E-state index in [2.05, 4.69) is 32.4 Å². The van der Waals surface area contributed by atoms with Crippen LogP contribution in [0.25, 0.3) is 22.2 Å². The van der Waals surface area contributed by atoms with Crippen LogP contribution in [-0.2, 0) is 16.6 Å². The van der Waals surface area contributed by atoms with Gasteiger partial charge in [-0.25, -0.2) is 4.98 Å². The number of aryl methyl sites for hydroxylation is 2. The third-order valence-electron chi connectivity index (χ3n) is 9.42. The number of fused-ring (bicyclic) bond motifs is 4. The fourth-order valence-corrected chi connectivity index (χ4v) is 7.69. The number of halogens is 1. The Morgan fingerprint density at radius 2 is 1.72 bits per heavy atom. The summed E-state index contributed by atoms with van der Waals surface area (Å²) in [5, 5.41) is 9.04. The van der Waals surface area contributed by atoms with E-state index < -0.39 is 16.6 Å². The minimum atomic E-state index is -0.576. The minimum absolute atomic E-state index is 0.0913. The molecule has 0 radical (unpaired) electrons. The number of esters is 1. The highest BCUT2D eigenvalue weighted by molar-refractivity contribution is 9.10. The lowest BCUT2D eigenvalue weighted by Gasteiger charge is -2.57. The number of ether oxygens (including phenoxy) is 1. The molecule has 3 aliphatic rings. The van der Waals surface area contributed by atoms with E-state index in [1.807, 2.05) is 94.9 Å². The number of pyridine rings is 1. The van der Waals surface area contributed by atoms with Gasteiger partial charge in [0.1, 0.15) is 5.60 Å². The first-order chi connectivity index (χ1) is 20.3. The summed E-state index contributed by atoms with van der Waals surface area (Å²) in [5.74, 6) is -0.334. The smallest absolute Gasteiger partial charge is 0.312 e. The van der Waals surface area contributed by atoms with Crippen molar-refractivity contribution in [2.24, 2.45) is 12.5 Å². The average molecular weight is 644 g/mol. The number of carbonyl (C=O) groups excluding carboxylic acids is 2. The molecule has 7 nitrogen and oxygen atoms in total. The van der Waals surface area contributed by atoms with Crippen LogP contribution in [0.3, 0.4) is 0 Å². The van der Waals surface area contributed by atoms with Crippen molar-refractivity contribution < 1.29 is 14.3 Å². The van der Waals surface area contributed by atoms with E-state index in [0.29, 0.717) is 37.7 Å². The van der Waals surface area contributed by atoms with Crippen LogP contribution in [0.2, 0.25) is 0 Å². The monoisotopic (exact) mass is 642 g/mol. The molecule has 2 aromatic carbocycles. The summed E-state index contributed by atoms with van der Waals surface area (Å²) in [4.78, 5) is 33.3. The van der Waals surface area contributed by atoms with Crippen molar-refractivity contribution in [3.8, 4) is 11.3 Å². The predicted octanol–water partition coefficient (Wildman–Crippen LogP) is 7.57. The fourth-order valence-electron chi connectivity index (χ4n) is 7.33. The first-order valence-electron chi connectivity index (χ1n) is 15.0.